The summed E-state index contributed by atoms with van der Waals surface area (Å²) in [5.41, 5.74) is 1.40. The van der Waals surface area contributed by atoms with Crippen molar-refractivity contribution in [3.05, 3.63) is 66.1 Å². The lowest BCUT2D eigenvalue weighted by atomic mass is 10.1. The van der Waals surface area contributed by atoms with Crippen LogP contribution < -0.4 is 9.47 Å². The Morgan fingerprint density at radius 2 is 1.72 bits per heavy atom. The van der Waals surface area contributed by atoms with E-state index < -0.39 is 0 Å². The maximum absolute atomic E-state index is 9.79. The van der Waals surface area contributed by atoms with Crippen molar-refractivity contribution < 1.29 is 22.7 Å². The number of nitrogens with zero attached hydrogens (tertiary/aromatic N) is 2. The van der Waals surface area contributed by atoms with Crippen LogP contribution in [-0.2, 0) is 0 Å². The van der Waals surface area contributed by atoms with Gasteiger partial charge in [0, 0.05) is 11.8 Å². The Hall–Kier alpha value is -4.18. The third-order valence-electron chi connectivity index (χ3n) is 4.27. The molecule has 7 nitrogen and oxygen atoms in total. The van der Waals surface area contributed by atoms with Gasteiger partial charge in [0.2, 0.25) is 5.88 Å². The average Bonchev–Trinajstić information content (AvgIpc) is 3.51. The monoisotopic (exact) mass is 388 g/mol. The van der Waals surface area contributed by atoms with Crippen LogP contribution in [0.5, 0.6) is 11.5 Å². The number of hydrogen-bond donors (Lipinski definition) is 0. The first-order valence-corrected chi connectivity index (χ1v) is 8.66. The van der Waals surface area contributed by atoms with Crippen molar-refractivity contribution in [2.75, 3.05) is 14.2 Å². The van der Waals surface area contributed by atoms with Gasteiger partial charge in [-0.05, 0) is 36.4 Å². The first kappa shape index (κ1) is 18.2. The molecule has 4 aromatic rings. The van der Waals surface area contributed by atoms with Crippen LogP contribution in [0.25, 0.3) is 22.8 Å². The number of furan rings is 3. The number of hydrogen-bond acceptors (Lipinski definition) is 7. The molecular formula is C22H16N2O5. The highest BCUT2D eigenvalue weighted by Gasteiger charge is 2.26. The smallest absolute Gasteiger partial charge is 0.238 e. The minimum Gasteiger partial charge on any atom is -0.493 e. The number of para-hydroxylation sites is 1. The van der Waals surface area contributed by atoms with Crippen LogP contribution in [0.1, 0.15) is 11.1 Å². The topological polar surface area (TPSA) is 94.0 Å². The molecular weight excluding hydrogens is 372 g/mol. The van der Waals surface area contributed by atoms with Gasteiger partial charge in [-0.1, -0.05) is 6.07 Å². The zero-order valence-corrected chi connectivity index (χ0v) is 15.7. The van der Waals surface area contributed by atoms with Gasteiger partial charge in [0.05, 0.1) is 32.3 Å². The largest absolute Gasteiger partial charge is 0.493 e. The van der Waals surface area contributed by atoms with E-state index in [1.165, 1.54) is 12.5 Å². The van der Waals surface area contributed by atoms with E-state index in [0.717, 1.165) is 0 Å². The molecule has 0 fully saturated rings. The molecule has 0 atom stereocenters. The quantitative estimate of drug-likeness (QED) is 0.408. The Balaban J connectivity index is 1.85. The van der Waals surface area contributed by atoms with Crippen LogP contribution >= 0.6 is 0 Å². The standard InChI is InChI=1S/C22H16N2O5/c1-25-17-7-3-6-14(20(17)26-2)13-24-22-15(12-23)19(16-8-4-10-27-16)21(29-22)18-9-5-11-28-18/h3-11,13H,1-2H3. The first-order chi connectivity index (χ1) is 14.3. The van der Waals surface area contributed by atoms with Crippen LogP contribution in [0.4, 0.5) is 5.88 Å². The molecule has 0 bridgehead atoms. The number of benzene rings is 1. The molecule has 1 aromatic carbocycles. The van der Waals surface area contributed by atoms with Gasteiger partial charge in [0.15, 0.2) is 23.0 Å². The zero-order valence-electron chi connectivity index (χ0n) is 15.7. The number of rotatable bonds is 6. The highest BCUT2D eigenvalue weighted by atomic mass is 16.5. The average molecular weight is 388 g/mol. The SMILES string of the molecule is COc1cccc(C=Nc2oc(-c3ccco3)c(-c3ccco3)c2C#N)c1OC. The fourth-order valence-corrected chi connectivity index (χ4v) is 2.99. The van der Waals surface area contributed by atoms with E-state index in [0.29, 0.717) is 39.9 Å². The van der Waals surface area contributed by atoms with Crippen molar-refractivity contribution in [1.29, 1.82) is 5.26 Å². The van der Waals surface area contributed by atoms with Crippen LogP contribution in [-0.4, -0.2) is 20.4 Å². The number of ether oxygens (including phenoxy) is 2. The second-order valence-electron chi connectivity index (χ2n) is 5.89. The van der Waals surface area contributed by atoms with E-state index in [1.54, 1.807) is 50.8 Å². The molecule has 3 heterocycles. The summed E-state index contributed by atoms with van der Waals surface area (Å²) in [4.78, 5) is 4.40. The van der Waals surface area contributed by atoms with Crippen molar-refractivity contribution in [3.8, 4) is 40.4 Å². The molecule has 29 heavy (non-hydrogen) atoms. The molecule has 0 saturated carbocycles. The predicted octanol–water partition coefficient (Wildman–Crippen LogP) is 5.44. The van der Waals surface area contributed by atoms with Gasteiger partial charge in [0.25, 0.3) is 0 Å². The van der Waals surface area contributed by atoms with Gasteiger partial charge in [-0.15, -0.1) is 0 Å². The van der Waals surface area contributed by atoms with Gasteiger partial charge in [-0.3, -0.25) is 0 Å². The summed E-state index contributed by atoms with van der Waals surface area (Å²) >= 11 is 0. The van der Waals surface area contributed by atoms with E-state index in [4.69, 9.17) is 22.7 Å². The van der Waals surface area contributed by atoms with Crippen LogP contribution in [0.2, 0.25) is 0 Å². The first-order valence-electron chi connectivity index (χ1n) is 8.66. The molecule has 0 amide bonds. The summed E-state index contributed by atoms with van der Waals surface area (Å²) in [6.07, 6.45) is 4.61. The fourth-order valence-electron chi connectivity index (χ4n) is 2.99. The number of aliphatic imine (C=N–C) groups is 1. The third-order valence-corrected chi connectivity index (χ3v) is 4.27. The van der Waals surface area contributed by atoms with Crippen molar-refractivity contribution in [2.45, 2.75) is 0 Å². The molecule has 0 radical (unpaired) electrons. The Labute approximate surface area is 166 Å². The van der Waals surface area contributed by atoms with E-state index in [9.17, 15) is 5.26 Å². The highest BCUT2D eigenvalue weighted by Crippen LogP contribution is 2.43. The summed E-state index contributed by atoms with van der Waals surface area (Å²) in [6.45, 7) is 0. The van der Waals surface area contributed by atoms with E-state index in [1.807, 2.05) is 12.1 Å². The van der Waals surface area contributed by atoms with E-state index in [-0.39, 0.29) is 11.4 Å². The normalized spacial score (nSPS) is 10.9. The molecule has 0 aliphatic heterocycles. The summed E-state index contributed by atoms with van der Waals surface area (Å²) in [6, 6.07) is 14.5. The lowest BCUT2D eigenvalue weighted by molar-refractivity contribution is 0.354. The Bertz CT molecular complexity index is 1180. The Morgan fingerprint density at radius 3 is 2.34 bits per heavy atom. The van der Waals surface area contributed by atoms with Gasteiger partial charge >= 0.3 is 0 Å². The lowest BCUT2D eigenvalue weighted by Gasteiger charge is -2.09. The molecule has 0 unspecified atom stereocenters. The maximum atomic E-state index is 9.79. The van der Waals surface area contributed by atoms with E-state index >= 15 is 0 Å². The molecule has 0 saturated heterocycles. The maximum Gasteiger partial charge on any atom is 0.238 e. The lowest BCUT2D eigenvalue weighted by Crippen LogP contribution is -1.94. The number of nitriles is 1. The van der Waals surface area contributed by atoms with Gasteiger partial charge in [-0.2, -0.15) is 5.26 Å². The number of methoxy groups -OCH3 is 2. The molecule has 0 aliphatic carbocycles. The van der Waals surface area contributed by atoms with Crippen molar-refractivity contribution in [2.24, 2.45) is 4.99 Å². The van der Waals surface area contributed by atoms with Gasteiger partial charge in [0.1, 0.15) is 17.4 Å². The predicted molar refractivity (Wildman–Crippen MR) is 106 cm³/mol. The molecule has 7 heteroatoms. The van der Waals surface area contributed by atoms with Crippen molar-refractivity contribution >= 4 is 12.1 Å². The summed E-state index contributed by atoms with van der Waals surface area (Å²) in [5.74, 6) is 2.55. The summed E-state index contributed by atoms with van der Waals surface area (Å²) < 4.78 is 27.6. The molecule has 144 valence electrons. The summed E-state index contributed by atoms with van der Waals surface area (Å²) in [7, 11) is 3.11. The zero-order chi connectivity index (χ0) is 20.2. The molecule has 3 aromatic heterocycles. The Morgan fingerprint density at radius 1 is 0.966 bits per heavy atom. The fraction of sp³-hybridized carbons (Fsp3) is 0.0909. The van der Waals surface area contributed by atoms with Crippen LogP contribution in [0, 0.1) is 11.3 Å². The van der Waals surface area contributed by atoms with Crippen molar-refractivity contribution in [1.82, 2.24) is 0 Å². The second-order valence-corrected chi connectivity index (χ2v) is 5.89. The van der Waals surface area contributed by atoms with Crippen molar-refractivity contribution in [3.63, 3.8) is 0 Å². The summed E-state index contributed by atoms with van der Waals surface area (Å²) in [5, 5.41) is 9.79. The minimum absolute atomic E-state index is 0.134. The Kier molecular flexibility index (Phi) is 4.91. The third kappa shape index (κ3) is 3.28. The molecule has 0 aliphatic rings. The van der Waals surface area contributed by atoms with Gasteiger partial charge < -0.3 is 22.7 Å². The molecule has 0 spiro atoms. The van der Waals surface area contributed by atoms with Crippen LogP contribution in [0.3, 0.4) is 0 Å². The molecule has 0 N–H and O–H groups in total. The minimum atomic E-state index is 0.134. The second kappa shape index (κ2) is 7.82. The van der Waals surface area contributed by atoms with Crippen LogP contribution in [0.15, 0.2) is 73.2 Å². The highest BCUT2D eigenvalue weighted by molar-refractivity contribution is 5.89. The van der Waals surface area contributed by atoms with Gasteiger partial charge in [-0.25, -0.2) is 4.99 Å². The molecule has 4 rings (SSSR count). The van der Waals surface area contributed by atoms with E-state index in [2.05, 4.69) is 11.1 Å².